The van der Waals surface area contributed by atoms with Crippen molar-refractivity contribution in [1.29, 1.82) is 0 Å². The lowest BCUT2D eigenvalue weighted by Crippen LogP contribution is -2.07. The Morgan fingerprint density at radius 3 is 2.06 bits per heavy atom. The molecular weight excluding hydrogens is 434 g/mol. The van der Waals surface area contributed by atoms with Crippen LogP contribution in [0.3, 0.4) is 0 Å². The van der Waals surface area contributed by atoms with E-state index in [1.807, 2.05) is 24.3 Å². The molecule has 32 heavy (non-hydrogen) atoms. The summed E-state index contributed by atoms with van der Waals surface area (Å²) in [6, 6.07) is 16.2. The number of fused-ring (bicyclic) bond motifs is 2. The van der Waals surface area contributed by atoms with Crippen molar-refractivity contribution < 1.29 is 27.4 Å². The second-order valence-electron chi connectivity index (χ2n) is 7.11. The molecule has 0 aromatic heterocycles. The average Bonchev–Trinajstić information content (AvgIpc) is 2.77. The number of nitrogens with zero attached hydrogens (tertiary/aromatic N) is 1. The highest BCUT2D eigenvalue weighted by Gasteiger charge is 2.26. The van der Waals surface area contributed by atoms with Crippen molar-refractivity contribution in [3.05, 3.63) is 81.9 Å². The number of benzene rings is 4. The van der Waals surface area contributed by atoms with Gasteiger partial charge in [-0.1, -0.05) is 42.5 Å². The predicted molar refractivity (Wildman–Crippen MR) is 120 cm³/mol. The standard InChI is InChI=1S/C23H19NO7S/c1-30-22-15-8-4-5-9-16(15)23(31-2)21-17(22)11-12-20(32(27,28)29)18(21)13-14-7-3-6-10-19(14)24(25)26/h3-12H,13H2,1-2H3,(H,27,28,29). The summed E-state index contributed by atoms with van der Waals surface area (Å²) in [4.78, 5) is 10.7. The van der Waals surface area contributed by atoms with E-state index < -0.39 is 15.0 Å². The van der Waals surface area contributed by atoms with Crippen LogP contribution in [0.2, 0.25) is 0 Å². The van der Waals surface area contributed by atoms with Crippen LogP contribution in [-0.2, 0) is 16.5 Å². The maximum atomic E-state index is 12.3. The van der Waals surface area contributed by atoms with Crippen molar-refractivity contribution in [3.8, 4) is 11.5 Å². The highest BCUT2D eigenvalue weighted by atomic mass is 32.2. The molecule has 0 amide bonds. The third-order valence-electron chi connectivity index (χ3n) is 5.40. The van der Waals surface area contributed by atoms with Crippen LogP contribution in [-0.4, -0.2) is 32.1 Å². The molecule has 9 heteroatoms. The Balaban J connectivity index is 2.19. The molecule has 0 aliphatic carbocycles. The van der Waals surface area contributed by atoms with Crippen LogP contribution in [0.4, 0.5) is 5.69 Å². The van der Waals surface area contributed by atoms with Gasteiger partial charge in [-0.25, -0.2) is 0 Å². The topological polar surface area (TPSA) is 116 Å². The van der Waals surface area contributed by atoms with Gasteiger partial charge in [0.25, 0.3) is 15.8 Å². The van der Waals surface area contributed by atoms with E-state index in [2.05, 4.69) is 0 Å². The molecule has 1 N–H and O–H groups in total. The van der Waals surface area contributed by atoms with E-state index in [9.17, 15) is 23.1 Å². The summed E-state index contributed by atoms with van der Waals surface area (Å²) in [6.45, 7) is 0. The lowest BCUT2D eigenvalue weighted by molar-refractivity contribution is -0.385. The Bertz CT molecular complexity index is 1480. The number of para-hydroxylation sites is 1. The summed E-state index contributed by atoms with van der Waals surface area (Å²) < 4.78 is 45.9. The van der Waals surface area contributed by atoms with E-state index in [4.69, 9.17) is 9.47 Å². The zero-order valence-electron chi connectivity index (χ0n) is 17.2. The first kappa shape index (κ1) is 21.5. The summed E-state index contributed by atoms with van der Waals surface area (Å²) in [5, 5.41) is 13.9. The Labute approximate surface area is 183 Å². The quantitative estimate of drug-likeness (QED) is 0.194. The van der Waals surface area contributed by atoms with Gasteiger partial charge in [0.05, 0.1) is 24.0 Å². The van der Waals surface area contributed by atoms with Crippen LogP contribution in [0, 0.1) is 10.1 Å². The molecule has 8 nitrogen and oxygen atoms in total. The number of rotatable bonds is 6. The third kappa shape index (κ3) is 3.51. The van der Waals surface area contributed by atoms with E-state index in [1.54, 1.807) is 12.1 Å². The molecule has 0 spiro atoms. The normalized spacial score (nSPS) is 11.6. The maximum Gasteiger partial charge on any atom is 0.294 e. The number of methoxy groups -OCH3 is 2. The molecule has 4 aromatic carbocycles. The van der Waals surface area contributed by atoms with Gasteiger partial charge >= 0.3 is 0 Å². The van der Waals surface area contributed by atoms with Crippen molar-refractivity contribution in [2.45, 2.75) is 11.3 Å². The summed E-state index contributed by atoms with van der Waals surface area (Å²) in [6.07, 6.45) is -0.124. The molecule has 0 saturated carbocycles. The minimum Gasteiger partial charge on any atom is -0.495 e. The van der Waals surface area contributed by atoms with Crippen LogP contribution >= 0.6 is 0 Å². The van der Waals surface area contributed by atoms with Crippen molar-refractivity contribution in [3.63, 3.8) is 0 Å². The molecule has 0 saturated heterocycles. The summed E-state index contributed by atoms with van der Waals surface area (Å²) in [7, 11) is -1.68. The van der Waals surface area contributed by atoms with Gasteiger partial charge in [0, 0.05) is 39.6 Å². The van der Waals surface area contributed by atoms with Gasteiger partial charge in [0.15, 0.2) is 0 Å². The van der Waals surface area contributed by atoms with E-state index >= 15 is 0 Å². The molecule has 4 rings (SSSR count). The summed E-state index contributed by atoms with van der Waals surface area (Å²) >= 11 is 0. The van der Waals surface area contributed by atoms with Crippen molar-refractivity contribution in [2.75, 3.05) is 14.2 Å². The molecule has 4 aromatic rings. The van der Waals surface area contributed by atoms with Gasteiger partial charge in [-0.05, 0) is 17.7 Å². The number of nitro groups is 1. The first-order chi connectivity index (χ1) is 15.3. The van der Waals surface area contributed by atoms with Gasteiger partial charge in [-0.15, -0.1) is 0 Å². The van der Waals surface area contributed by atoms with Gasteiger partial charge in [0.2, 0.25) is 0 Å². The molecule has 0 atom stereocenters. The number of hydrogen-bond donors (Lipinski definition) is 1. The molecule has 0 unspecified atom stereocenters. The monoisotopic (exact) mass is 453 g/mol. The number of nitro benzene ring substituents is 1. The van der Waals surface area contributed by atoms with Crippen LogP contribution in [0.5, 0.6) is 11.5 Å². The van der Waals surface area contributed by atoms with E-state index in [1.165, 1.54) is 38.5 Å². The zero-order chi connectivity index (χ0) is 23.0. The van der Waals surface area contributed by atoms with Gasteiger partial charge in [0.1, 0.15) is 11.5 Å². The lowest BCUT2D eigenvalue weighted by atomic mass is 9.93. The fourth-order valence-electron chi connectivity index (χ4n) is 4.11. The smallest absolute Gasteiger partial charge is 0.294 e. The minimum atomic E-state index is -4.64. The molecule has 164 valence electrons. The average molecular weight is 453 g/mol. The van der Waals surface area contributed by atoms with Gasteiger partial charge in [-0.2, -0.15) is 8.42 Å². The maximum absolute atomic E-state index is 12.3. The predicted octanol–water partition coefficient (Wildman–Crippen LogP) is 4.76. The van der Waals surface area contributed by atoms with Crippen molar-refractivity contribution >= 4 is 37.4 Å². The van der Waals surface area contributed by atoms with E-state index in [0.29, 0.717) is 33.2 Å². The Morgan fingerprint density at radius 1 is 0.875 bits per heavy atom. The van der Waals surface area contributed by atoms with Gasteiger partial charge < -0.3 is 9.47 Å². The molecule has 0 aliphatic rings. The van der Waals surface area contributed by atoms with Crippen LogP contribution in [0.1, 0.15) is 11.1 Å². The van der Waals surface area contributed by atoms with Crippen LogP contribution < -0.4 is 9.47 Å². The highest BCUT2D eigenvalue weighted by Crippen LogP contribution is 2.46. The molecule has 0 bridgehead atoms. The first-order valence-electron chi connectivity index (χ1n) is 9.56. The highest BCUT2D eigenvalue weighted by molar-refractivity contribution is 7.85. The third-order valence-corrected chi connectivity index (χ3v) is 6.34. The molecule has 0 radical (unpaired) electrons. The SMILES string of the molecule is COc1c2ccccc2c(OC)c2c(Cc3ccccc3[N+](=O)[O-])c(S(=O)(=O)O)ccc12. The Kier molecular flexibility index (Phi) is 5.45. The molecular formula is C23H19NO7S. The van der Waals surface area contributed by atoms with Gasteiger partial charge in [-0.3, -0.25) is 14.7 Å². The van der Waals surface area contributed by atoms with Crippen molar-refractivity contribution in [1.82, 2.24) is 0 Å². The Morgan fingerprint density at radius 2 is 1.47 bits per heavy atom. The second-order valence-corrected chi connectivity index (χ2v) is 8.50. The molecule has 0 heterocycles. The van der Waals surface area contributed by atoms with Crippen molar-refractivity contribution in [2.24, 2.45) is 0 Å². The summed E-state index contributed by atoms with van der Waals surface area (Å²) in [5.41, 5.74) is 0.321. The fourth-order valence-corrected chi connectivity index (χ4v) is 4.84. The van der Waals surface area contributed by atoms with E-state index in [0.717, 1.165) is 5.39 Å². The first-order valence-corrected chi connectivity index (χ1v) is 11.0. The number of ether oxygens (including phenoxy) is 2. The lowest BCUT2D eigenvalue weighted by Gasteiger charge is -2.19. The number of hydrogen-bond acceptors (Lipinski definition) is 6. The van der Waals surface area contributed by atoms with E-state index in [-0.39, 0.29) is 22.6 Å². The fraction of sp³-hybridized carbons (Fsp3) is 0.130. The summed E-state index contributed by atoms with van der Waals surface area (Å²) in [5.74, 6) is 0.887. The minimum absolute atomic E-state index is 0.124. The molecule has 0 aliphatic heterocycles. The largest absolute Gasteiger partial charge is 0.495 e. The Hall–Kier alpha value is -3.69. The second kappa shape index (κ2) is 8.10. The van der Waals surface area contributed by atoms with Crippen LogP contribution in [0.15, 0.2) is 65.6 Å². The zero-order valence-corrected chi connectivity index (χ0v) is 18.0. The molecule has 0 fully saturated rings. The van der Waals surface area contributed by atoms with Crippen LogP contribution in [0.25, 0.3) is 21.5 Å².